The summed E-state index contributed by atoms with van der Waals surface area (Å²) in [4.78, 5) is 4.84. The van der Waals surface area contributed by atoms with Gasteiger partial charge in [0.1, 0.15) is 0 Å². The highest BCUT2D eigenvalue weighted by atomic mass is 15.1. The van der Waals surface area contributed by atoms with Crippen LogP contribution in [0.25, 0.3) is 110 Å². The second kappa shape index (κ2) is 18.5. The van der Waals surface area contributed by atoms with E-state index in [1.165, 1.54) is 98.2 Å². The second-order valence-corrected chi connectivity index (χ2v) is 20.9. The van der Waals surface area contributed by atoms with Crippen LogP contribution >= 0.6 is 0 Å². The monoisotopic (exact) mass is 1020 g/mol. The molecule has 4 heteroatoms. The molecule has 0 unspecified atom stereocenters. The summed E-state index contributed by atoms with van der Waals surface area (Å²) in [7, 11) is 0. The smallest absolute Gasteiger partial charge is 0.0541 e. The predicted molar refractivity (Wildman–Crippen MR) is 339 cm³/mol. The Kier molecular flexibility index (Phi) is 10.5. The molecule has 0 spiro atoms. The van der Waals surface area contributed by atoms with E-state index >= 15 is 0 Å². The Balaban J connectivity index is 0.789. The largest absolute Gasteiger partial charge is 0.310 e. The minimum atomic E-state index is 1.09. The number of benzene rings is 14. The van der Waals surface area contributed by atoms with Crippen molar-refractivity contribution in [2.24, 2.45) is 0 Å². The maximum atomic E-state index is 2.42. The van der Waals surface area contributed by atoms with Gasteiger partial charge in [0.05, 0.1) is 33.4 Å². The molecule has 80 heavy (non-hydrogen) atoms. The normalized spacial score (nSPS) is 11.8. The zero-order valence-electron chi connectivity index (χ0n) is 43.7. The number of aromatic nitrogens is 2. The van der Waals surface area contributed by atoms with Gasteiger partial charge >= 0.3 is 0 Å². The first kappa shape index (κ1) is 45.5. The van der Waals surface area contributed by atoms with Gasteiger partial charge < -0.3 is 18.9 Å². The topological polar surface area (TPSA) is 16.3 Å². The van der Waals surface area contributed by atoms with E-state index in [-0.39, 0.29) is 0 Å². The van der Waals surface area contributed by atoms with Gasteiger partial charge in [-0.3, -0.25) is 0 Å². The third-order valence-corrected chi connectivity index (χ3v) is 16.4. The Morgan fingerprint density at radius 3 is 0.950 bits per heavy atom. The zero-order chi connectivity index (χ0) is 52.7. The highest BCUT2D eigenvalue weighted by Crippen LogP contribution is 2.48. The molecule has 0 saturated heterocycles. The summed E-state index contributed by atoms with van der Waals surface area (Å²) >= 11 is 0. The lowest BCUT2D eigenvalue weighted by Crippen LogP contribution is -2.11. The molecule has 16 rings (SSSR count). The highest BCUT2D eigenvalue weighted by Gasteiger charge is 2.23. The lowest BCUT2D eigenvalue weighted by Gasteiger charge is -2.29. The van der Waals surface area contributed by atoms with Crippen LogP contribution in [0, 0.1) is 0 Å². The molecule has 16 aromatic rings. The lowest BCUT2D eigenvalue weighted by atomic mass is 9.91. The van der Waals surface area contributed by atoms with Gasteiger partial charge in [-0.1, -0.05) is 182 Å². The van der Waals surface area contributed by atoms with Crippen LogP contribution in [0.3, 0.4) is 0 Å². The third-order valence-electron chi connectivity index (χ3n) is 16.4. The quantitative estimate of drug-likeness (QED) is 0.127. The van der Waals surface area contributed by atoms with Crippen molar-refractivity contribution >= 4 is 110 Å². The molecule has 0 fully saturated rings. The zero-order valence-corrected chi connectivity index (χ0v) is 43.7. The van der Waals surface area contributed by atoms with Gasteiger partial charge in [-0.05, 0) is 165 Å². The van der Waals surface area contributed by atoms with Crippen LogP contribution in [0.4, 0.5) is 34.1 Å². The summed E-state index contributed by atoms with van der Waals surface area (Å²) in [6, 6.07) is 111. The van der Waals surface area contributed by atoms with E-state index in [0.717, 1.165) is 45.5 Å². The fourth-order valence-electron chi connectivity index (χ4n) is 12.8. The summed E-state index contributed by atoms with van der Waals surface area (Å²) < 4.78 is 4.75. The van der Waals surface area contributed by atoms with Crippen molar-refractivity contribution in [2.45, 2.75) is 0 Å². The molecule has 0 radical (unpaired) electrons. The van der Waals surface area contributed by atoms with Gasteiger partial charge in [-0.15, -0.1) is 0 Å². The second-order valence-electron chi connectivity index (χ2n) is 20.9. The van der Waals surface area contributed by atoms with E-state index in [1.54, 1.807) is 0 Å². The number of anilines is 6. The molecule has 0 aliphatic heterocycles. The minimum Gasteiger partial charge on any atom is -0.310 e. The standard InChI is InChI=1S/C76H50N4/c1-5-17-57(18-6-1)77(61-39-29-51(30-40-61)55-37-47-73-67(49-55)63-25-13-15-27-69(63)79(73)59-21-9-3-10-22-59)71-45-35-53-34-44-66-72(46-36-54-33-43-65(71)75(53)76(54)66)78(58-19-7-2-8-20-58)62-41-31-52(32-42-62)56-38-48-74-68(50-56)64-26-14-16-28-70(64)80(74)60-23-11-4-12-24-60/h1-50H. The molecule has 14 aromatic carbocycles. The van der Waals surface area contributed by atoms with Crippen LogP contribution in [-0.2, 0) is 0 Å². The van der Waals surface area contributed by atoms with Gasteiger partial charge in [-0.2, -0.15) is 0 Å². The van der Waals surface area contributed by atoms with Crippen LogP contribution in [0.2, 0.25) is 0 Å². The predicted octanol–water partition coefficient (Wildman–Crippen LogP) is 21.1. The van der Waals surface area contributed by atoms with Gasteiger partial charge in [0.2, 0.25) is 0 Å². The molecule has 0 aliphatic carbocycles. The molecular weight excluding hydrogens is 969 g/mol. The first-order valence-corrected chi connectivity index (χ1v) is 27.5. The molecule has 0 aliphatic rings. The van der Waals surface area contributed by atoms with Gasteiger partial charge in [-0.25, -0.2) is 0 Å². The summed E-state index contributed by atoms with van der Waals surface area (Å²) in [5, 5.41) is 12.3. The van der Waals surface area contributed by atoms with Crippen molar-refractivity contribution in [3.8, 4) is 33.6 Å². The van der Waals surface area contributed by atoms with Crippen LogP contribution in [0.5, 0.6) is 0 Å². The summed E-state index contributed by atoms with van der Waals surface area (Å²) in [6.45, 7) is 0. The molecule has 2 aromatic heterocycles. The van der Waals surface area contributed by atoms with Crippen LogP contribution < -0.4 is 9.80 Å². The van der Waals surface area contributed by atoms with Crippen molar-refractivity contribution in [1.82, 2.24) is 9.13 Å². The van der Waals surface area contributed by atoms with Gasteiger partial charge in [0.25, 0.3) is 0 Å². The number of hydrogen-bond donors (Lipinski definition) is 0. The van der Waals surface area contributed by atoms with Crippen molar-refractivity contribution in [2.75, 3.05) is 9.80 Å². The average molecular weight is 1020 g/mol. The maximum absolute atomic E-state index is 2.42. The Hall–Kier alpha value is -10.7. The molecule has 0 N–H and O–H groups in total. The summed E-state index contributed by atoms with van der Waals surface area (Å²) in [6.07, 6.45) is 0. The van der Waals surface area contributed by atoms with Crippen molar-refractivity contribution in [1.29, 1.82) is 0 Å². The lowest BCUT2D eigenvalue weighted by molar-refractivity contribution is 1.18. The Labute approximate surface area is 463 Å². The SMILES string of the molecule is c1ccc(N(c2ccc(-c3ccc4c(c3)c3ccccc3n4-c3ccccc3)cc2)c2ccc3ccc4c(N(c5ccccc5)c5ccc(-c6ccc7c(c6)c6ccccc6n7-c6ccccc6)cc5)ccc5ccc2c3c54)cc1. The van der Waals surface area contributed by atoms with E-state index < -0.39 is 0 Å². The minimum absolute atomic E-state index is 1.09. The van der Waals surface area contributed by atoms with E-state index in [9.17, 15) is 0 Å². The number of fused-ring (bicyclic) bond motifs is 6. The average Bonchev–Trinajstić information content (AvgIpc) is 4.14. The van der Waals surface area contributed by atoms with E-state index in [1.807, 2.05) is 0 Å². The molecule has 0 bridgehead atoms. The van der Waals surface area contributed by atoms with Crippen LogP contribution in [0.1, 0.15) is 0 Å². The number of rotatable bonds is 10. The molecule has 2 heterocycles. The first-order chi connectivity index (χ1) is 39.7. The Morgan fingerprint density at radius 1 is 0.212 bits per heavy atom. The highest BCUT2D eigenvalue weighted by molar-refractivity contribution is 6.28. The number of hydrogen-bond acceptors (Lipinski definition) is 2. The first-order valence-electron chi connectivity index (χ1n) is 27.5. The van der Waals surface area contributed by atoms with Crippen molar-refractivity contribution in [3.63, 3.8) is 0 Å². The van der Waals surface area contributed by atoms with Crippen LogP contribution in [0.15, 0.2) is 303 Å². The van der Waals surface area contributed by atoms with E-state index in [2.05, 4.69) is 322 Å². The maximum Gasteiger partial charge on any atom is 0.0541 e. The number of para-hydroxylation sites is 6. The molecule has 0 saturated carbocycles. The van der Waals surface area contributed by atoms with E-state index in [4.69, 9.17) is 0 Å². The van der Waals surface area contributed by atoms with Gasteiger partial charge in [0, 0.05) is 66.4 Å². The summed E-state index contributed by atoms with van der Waals surface area (Å²) in [5.41, 5.74) is 18.5. The van der Waals surface area contributed by atoms with E-state index in [0.29, 0.717) is 0 Å². The Morgan fingerprint density at radius 2 is 0.537 bits per heavy atom. The number of nitrogens with zero attached hydrogens (tertiary/aromatic N) is 4. The molecule has 0 atom stereocenters. The fourth-order valence-corrected chi connectivity index (χ4v) is 12.8. The van der Waals surface area contributed by atoms with Gasteiger partial charge in [0.15, 0.2) is 0 Å². The van der Waals surface area contributed by atoms with Crippen molar-refractivity contribution < 1.29 is 0 Å². The summed E-state index contributed by atoms with van der Waals surface area (Å²) in [5.74, 6) is 0. The third kappa shape index (κ3) is 7.31. The fraction of sp³-hybridized carbons (Fsp3) is 0. The Bertz CT molecular complexity index is 4650. The molecule has 374 valence electrons. The molecular formula is C76H50N4. The molecule has 4 nitrogen and oxygen atoms in total. The van der Waals surface area contributed by atoms with Crippen LogP contribution in [-0.4, -0.2) is 9.13 Å². The van der Waals surface area contributed by atoms with Crippen molar-refractivity contribution in [3.05, 3.63) is 303 Å². The molecule has 0 amide bonds.